The topological polar surface area (TPSA) is 127 Å². The molecule has 0 unspecified atom stereocenters. The molecule has 0 amide bonds. The van der Waals surface area contributed by atoms with Crippen LogP contribution in [0.5, 0.6) is 0 Å². The zero-order valence-electron chi connectivity index (χ0n) is 13.4. The number of aryl methyl sites for hydroxylation is 2. The fraction of sp³-hybridized carbons (Fsp3) is 0.500. The Morgan fingerprint density at radius 3 is 2.35 bits per heavy atom. The van der Waals surface area contributed by atoms with Gasteiger partial charge in [-0.1, -0.05) is 20.3 Å². The Balaban J connectivity index is 3.35. The number of sulfonamides is 1. The molecule has 8 nitrogen and oxygen atoms in total. The maximum absolute atomic E-state index is 12.5. The number of carboxylic acid groups (broad SMARTS) is 1. The minimum absolute atomic E-state index is 0.288. The van der Waals surface area contributed by atoms with Crippen LogP contribution in [0.25, 0.3) is 0 Å². The van der Waals surface area contributed by atoms with Gasteiger partial charge >= 0.3 is 5.97 Å². The Morgan fingerprint density at radius 1 is 1.35 bits per heavy atom. The number of rotatable bonds is 7. The number of nitrogens with zero attached hydrogens (tertiary/aromatic N) is 1. The van der Waals surface area contributed by atoms with Crippen molar-refractivity contribution >= 4 is 21.7 Å². The van der Waals surface area contributed by atoms with Crippen molar-refractivity contribution in [1.29, 1.82) is 0 Å². The van der Waals surface area contributed by atoms with E-state index in [-0.39, 0.29) is 10.6 Å². The molecule has 1 aromatic rings. The number of carbonyl (C=O) groups is 1. The number of hydrogen-bond donors (Lipinski definition) is 2. The van der Waals surface area contributed by atoms with E-state index in [2.05, 4.69) is 4.72 Å². The quantitative estimate of drug-likeness (QED) is 0.575. The lowest BCUT2D eigenvalue weighted by Crippen LogP contribution is -2.45. The van der Waals surface area contributed by atoms with Crippen LogP contribution < -0.4 is 4.72 Å². The number of nitrogens with one attached hydrogen (secondary N) is 1. The lowest BCUT2D eigenvalue weighted by molar-refractivity contribution is -0.385. The van der Waals surface area contributed by atoms with Crippen molar-refractivity contribution in [2.75, 3.05) is 0 Å². The summed E-state index contributed by atoms with van der Waals surface area (Å²) in [5.41, 5.74) is 0.323. The van der Waals surface area contributed by atoms with Gasteiger partial charge in [-0.3, -0.25) is 14.9 Å². The molecular weight excluding hydrogens is 324 g/mol. The van der Waals surface area contributed by atoms with Gasteiger partial charge in [0.05, 0.1) is 9.82 Å². The second kappa shape index (κ2) is 7.05. The Labute approximate surface area is 134 Å². The van der Waals surface area contributed by atoms with Gasteiger partial charge in [0.1, 0.15) is 6.04 Å². The van der Waals surface area contributed by atoms with Crippen LogP contribution in [0.3, 0.4) is 0 Å². The molecule has 128 valence electrons. The van der Waals surface area contributed by atoms with Crippen LogP contribution in [0.15, 0.2) is 17.0 Å². The molecule has 0 saturated carbocycles. The van der Waals surface area contributed by atoms with Crippen molar-refractivity contribution in [2.45, 2.75) is 45.1 Å². The molecule has 0 aliphatic heterocycles. The molecule has 1 aromatic carbocycles. The highest BCUT2D eigenvalue weighted by molar-refractivity contribution is 7.89. The summed E-state index contributed by atoms with van der Waals surface area (Å²) in [4.78, 5) is 21.3. The van der Waals surface area contributed by atoms with E-state index in [0.717, 1.165) is 6.07 Å². The van der Waals surface area contributed by atoms with Crippen LogP contribution in [0.4, 0.5) is 5.69 Å². The number of benzene rings is 1. The number of hydrogen-bond acceptors (Lipinski definition) is 5. The lowest BCUT2D eigenvalue weighted by atomic mass is 10.0. The standard InChI is InChI=1S/C14H20N2O6S/c1-5-8(2)13(14(17)18)15-23(21,22)12-7-11(16(19)20)9(3)6-10(12)4/h6-8,13,15H,5H2,1-4H3,(H,17,18)/t8-,13-/m0/s1. The molecule has 2 atom stereocenters. The highest BCUT2D eigenvalue weighted by Crippen LogP contribution is 2.26. The van der Waals surface area contributed by atoms with Crippen molar-refractivity contribution < 1.29 is 23.2 Å². The Kier molecular flexibility index (Phi) is 5.84. The molecule has 1 rings (SSSR count). The molecule has 0 aromatic heterocycles. The van der Waals surface area contributed by atoms with E-state index < -0.39 is 32.9 Å². The van der Waals surface area contributed by atoms with Gasteiger partial charge in [0.25, 0.3) is 5.69 Å². The molecule has 0 saturated heterocycles. The predicted molar refractivity (Wildman–Crippen MR) is 83.8 cm³/mol. The van der Waals surface area contributed by atoms with Crippen LogP contribution in [0, 0.1) is 29.9 Å². The largest absolute Gasteiger partial charge is 0.480 e. The number of nitro benzene ring substituents is 1. The van der Waals surface area contributed by atoms with Crippen molar-refractivity contribution in [2.24, 2.45) is 5.92 Å². The zero-order chi connectivity index (χ0) is 17.9. The molecule has 23 heavy (non-hydrogen) atoms. The number of carboxylic acids is 1. The molecule has 0 bridgehead atoms. The summed E-state index contributed by atoms with van der Waals surface area (Å²) >= 11 is 0. The van der Waals surface area contributed by atoms with Crippen LogP contribution in [0.2, 0.25) is 0 Å². The third-order valence-electron chi connectivity index (χ3n) is 3.74. The third-order valence-corrected chi connectivity index (χ3v) is 5.32. The fourth-order valence-electron chi connectivity index (χ4n) is 2.18. The number of nitro groups is 1. The maximum Gasteiger partial charge on any atom is 0.322 e. The van der Waals surface area contributed by atoms with E-state index >= 15 is 0 Å². The van der Waals surface area contributed by atoms with Gasteiger partial charge in [0, 0.05) is 11.6 Å². The summed E-state index contributed by atoms with van der Waals surface area (Å²) in [6.07, 6.45) is 0.465. The molecule has 0 aliphatic carbocycles. The normalized spacial score (nSPS) is 14.3. The summed E-state index contributed by atoms with van der Waals surface area (Å²) in [7, 11) is -4.20. The Morgan fingerprint density at radius 2 is 1.91 bits per heavy atom. The van der Waals surface area contributed by atoms with Gasteiger partial charge in [-0.2, -0.15) is 4.72 Å². The molecule has 9 heteroatoms. The first kappa shape index (κ1) is 19.0. The first-order valence-electron chi connectivity index (χ1n) is 7.02. The SMILES string of the molecule is CC[C@H](C)[C@H](NS(=O)(=O)c1cc([N+](=O)[O-])c(C)cc1C)C(=O)O. The molecule has 0 spiro atoms. The average molecular weight is 344 g/mol. The van der Waals surface area contributed by atoms with Gasteiger partial charge in [-0.15, -0.1) is 0 Å². The highest BCUT2D eigenvalue weighted by atomic mass is 32.2. The van der Waals surface area contributed by atoms with Gasteiger partial charge in [-0.25, -0.2) is 8.42 Å². The van der Waals surface area contributed by atoms with E-state index in [4.69, 9.17) is 0 Å². The maximum atomic E-state index is 12.5. The molecule has 0 fully saturated rings. The predicted octanol–water partition coefficient (Wildman–Crippen LogP) is 1.99. The van der Waals surface area contributed by atoms with Gasteiger partial charge in [0.2, 0.25) is 10.0 Å². The summed E-state index contributed by atoms with van der Waals surface area (Å²) in [6, 6.07) is 1.05. The monoisotopic (exact) mass is 344 g/mol. The minimum Gasteiger partial charge on any atom is -0.480 e. The minimum atomic E-state index is -4.20. The van der Waals surface area contributed by atoms with Gasteiger partial charge in [-0.05, 0) is 31.4 Å². The summed E-state index contributed by atoms with van der Waals surface area (Å²) < 4.78 is 27.1. The number of aliphatic carboxylic acids is 1. The van der Waals surface area contributed by atoms with Crippen LogP contribution >= 0.6 is 0 Å². The van der Waals surface area contributed by atoms with Crippen molar-refractivity contribution in [1.82, 2.24) is 4.72 Å². The molecule has 0 radical (unpaired) electrons. The molecule has 2 N–H and O–H groups in total. The van der Waals surface area contributed by atoms with Crippen LogP contribution in [-0.2, 0) is 14.8 Å². The fourth-order valence-corrected chi connectivity index (χ4v) is 3.73. The second-order valence-corrected chi connectivity index (χ2v) is 7.17. The second-order valence-electron chi connectivity index (χ2n) is 5.48. The lowest BCUT2D eigenvalue weighted by Gasteiger charge is -2.20. The van der Waals surface area contributed by atoms with E-state index in [1.165, 1.54) is 19.9 Å². The summed E-state index contributed by atoms with van der Waals surface area (Å²) in [5.74, 6) is -1.72. The Hall–Kier alpha value is -2.00. The van der Waals surface area contributed by atoms with E-state index in [1.54, 1.807) is 13.8 Å². The molecule has 0 aliphatic rings. The summed E-state index contributed by atoms with van der Waals surface area (Å²) in [5, 5.41) is 20.2. The molecule has 0 heterocycles. The molecular formula is C14H20N2O6S. The highest BCUT2D eigenvalue weighted by Gasteiger charge is 2.31. The smallest absolute Gasteiger partial charge is 0.322 e. The van der Waals surface area contributed by atoms with Crippen molar-refractivity contribution in [3.8, 4) is 0 Å². The van der Waals surface area contributed by atoms with E-state index in [0.29, 0.717) is 17.5 Å². The van der Waals surface area contributed by atoms with Crippen LogP contribution in [-0.4, -0.2) is 30.5 Å². The Bertz CT molecular complexity index is 729. The van der Waals surface area contributed by atoms with Crippen molar-refractivity contribution in [3.05, 3.63) is 33.4 Å². The van der Waals surface area contributed by atoms with Gasteiger partial charge < -0.3 is 5.11 Å². The van der Waals surface area contributed by atoms with Crippen LogP contribution in [0.1, 0.15) is 31.4 Å². The summed E-state index contributed by atoms with van der Waals surface area (Å²) in [6.45, 7) is 6.38. The zero-order valence-corrected chi connectivity index (χ0v) is 14.2. The third kappa shape index (κ3) is 4.26. The average Bonchev–Trinajstić information content (AvgIpc) is 2.42. The first-order valence-corrected chi connectivity index (χ1v) is 8.50. The van der Waals surface area contributed by atoms with E-state index in [9.17, 15) is 28.4 Å². The van der Waals surface area contributed by atoms with Gasteiger partial charge in [0.15, 0.2) is 0 Å². The first-order chi connectivity index (χ1) is 10.5. The van der Waals surface area contributed by atoms with Crippen molar-refractivity contribution in [3.63, 3.8) is 0 Å². The van der Waals surface area contributed by atoms with E-state index in [1.807, 2.05) is 0 Å².